The second-order valence-electron chi connectivity index (χ2n) is 4.60. The standard InChI is InChI=1S/C14H20N2O3S2/c1-3-12(13-6-5-9-20-13)16-21(17,18)14-8-7-11(19-14)10-15-4-2/h5-9,12,15-16H,3-4,10H2,1-2H3. The van der Waals surface area contributed by atoms with Gasteiger partial charge in [0.1, 0.15) is 5.76 Å². The van der Waals surface area contributed by atoms with Crippen LogP contribution in [0, 0.1) is 0 Å². The third-order valence-electron chi connectivity index (χ3n) is 3.04. The first-order valence-electron chi connectivity index (χ1n) is 6.92. The van der Waals surface area contributed by atoms with Crippen LogP contribution < -0.4 is 10.0 Å². The Labute approximate surface area is 129 Å². The highest BCUT2D eigenvalue weighted by Crippen LogP contribution is 2.24. The van der Waals surface area contributed by atoms with Crippen molar-refractivity contribution in [3.63, 3.8) is 0 Å². The van der Waals surface area contributed by atoms with Crippen molar-refractivity contribution in [2.75, 3.05) is 6.54 Å². The summed E-state index contributed by atoms with van der Waals surface area (Å²) in [5, 5.41) is 5.00. The van der Waals surface area contributed by atoms with E-state index in [9.17, 15) is 8.42 Å². The van der Waals surface area contributed by atoms with Crippen LogP contribution in [-0.2, 0) is 16.6 Å². The first-order chi connectivity index (χ1) is 10.1. The molecule has 1 atom stereocenters. The van der Waals surface area contributed by atoms with Gasteiger partial charge in [-0.15, -0.1) is 11.3 Å². The van der Waals surface area contributed by atoms with Gasteiger partial charge in [-0.1, -0.05) is 19.9 Å². The van der Waals surface area contributed by atoms with Gasteiger partial charge >= 0.3 is 0 Å². The summed E-state index contributed by atoms with van der Waals surface area (Å²) in [5.41, 5.74) is 0. The Morgan fingerprint density at radius 3 is 2.71 bits per heavy atom. The summed E-state index contributed by atoms with van der Waals surface area (Å²) in [5.74, 6) is 0.612. The quantitative estimate of drug-likeness (QED) is 0.781. The molecule has 5 nitrogen and oxygen atoms in total. The lowest BCUT2D eigenvalue weighted by Crippen LogP contribution is -2.27. The summed E-state index contributed by atoms with van der Waals surface area (Å²) < 4.78 is 32.8. The average Bonchev–Trinajstić information content (AvgIpc) is 3.13. The molecule has 2 aromatic heterocycles. The van der Waals surface area contributed by atoms with Gasteiger partial charge in [0.25, 0.3) is 10.0 Å². The zero-order chi connectivity index (χ0) is 15.3. The summed E-state index contributed by atoms with van der Waals surface area (Å²) in [6.45, 7) is 5.26. The molecule has 0 radical (unpaired) electrons. The topological polar surface area (TPSA) is 71.3 Å². The number of rotatable bonds is 8. The predicted octanol–water partition coefficient (Wildman–Crippen LogP) is 2.88. The van der Waals surface area contributed by atoms with Crippen LogP contribution in [0.15, 0.2) is 39.2 Å². The third kappa shape index (κ3) is 4.16. The molecule has 116 valence electrons. The lowest BCUT2D eigenvalue weighted by Gasteiger charge is -2.14. The Bertz CT molecular complexity index is 648. The number of hydrogen-bond donors (Lipinski definition) is 2. The number of hydrogen-bond acceptors (Lipinski definition) is 5. The van der Waals surface area contributed by atoms with Crippen LogP contribution >= 0.6 is 11.3 Å². The second-order valence-corrected chi connectivity index (χ2v) is 7.22. The Morgan fingerprint density at radius 1 is 1.29 bits per heavy atom. The first-order valence-corrected chi connectivity index (χ1v) is 9.28. The Balaban J connectivity index is 2.12. The van der Waals surface area contributed by atoms with Crippen LogP contribution in [0.1, 0.15) is 36.9 Å². The molecule has 2 aromatic rings. The van der Waals surface area contributed by atoms with E-state index in [1.807, 2.05) is 31.4 Å². The van der Waals surface area contributed by atoms with Crippen LogP contribution in [0.5, 0.6) is 0 Å². The molecule has 0 aromatic carbocycles. The van der Waals surface area contributed by atoms with E-state index in [1.165, 1.54) is 6.07 Å². The largest absolute Gasteiger partial charge is 0.447 e. The number of furan rings is 1. The van der Waals surface area contributed by atoms with Crippen molar-refractivity contribution >= 4 is 21.4 Å². The summed E-state index contributed by atoms with van der Waals surface area (Å²) in [6.07, 6.45) is 0.685. The molecule has 2 N–H and O–H groups in total. The molecule has 0 aliphatic heterocycles. The van der Waals surface area contributed by atoms with Gasteiger partial charge in [-0.25, -0.2) is 13.1 Å². The minimum atomic E-state index is -3.64. The van der Waals surface area contributed by atoms with Crippen molar-refractivity contribution in [2.24, 2.45) is 0 Å². The molecule has 0 amide bonds. The van der Waals surface area contributed by atoms with Crippen LogP contribution in [-0.4, -0.2) is 15.0 Å². The maximum absolute atomic E-state index is 12.4. The fraction of sp³-hybridized carbons (Fsp3) is 0.429. The van der Waals surface area contributed by atoms with Gasteiger partial charge < -0.3 is 9.73 Å². The Hall–Kier alpha value is -1.15. The predicted molar refractivity (Wildman–Crippen MR) is 83.8 cm³/mol. The molecule has 0 bridgehead atoms. The maximum atomic E-state index is 12.4. The van der Waals surface area contributed by atoms with Gasteiger partial charge in [-0.3, -0.25) is 0 Å². The highest BCUT2D eigenvalue weighted by Gasteiger charge is 2.23. The average molecular weight is 328 g/mol. The van der Waals surface area contributed by atoms with Crippen molar-refractivity contribution in [3.05, 3.63) is 40.3 Å². The molecule has 0 saturated heterocycles. The molecule has 21 heavy (non-hydrogen) atoms. The van der Waals surface area contributed by atoms with Crippen molar-refractivity contribution in [1.29, 1.82) is 0 Å². The van der Waals surface area contributed by atoms with E-state index >= 15 is 0 Å². The summed E-state index contributed by atoms with van der Waals surface area (Å²) >= 11 is 1.54. The Morgan fingerprint density at radius 2 is 2.10 bits per heavy atom. The third-order valence-corrected chi connectivity index (χ3v) is 5.37. The minimum Gasteiger partial charge on any atom is -0.447 e. The van der Waals surface area contributed by atoms with Gasteiger partial charge in [0, 0.05) is 4.88 Å². The summed E-state index contributed by atoms with van der Waals surface area (Å²) in [6, 6.07) is 6.80. The first kappa shape index (κ1) is 16.2. The van der Waals surface area contributed by atoms with Crippen LogP contribution in [0.3, 0.4) is 0 Å². The SMILES string of the molecule is CCNCc1ccc(S(=O)(=O)NC(CC)c2cccs2)o1. The highest BCUT2D eigenvalue weighted by molar-refractivity contribution is 7.89. The lowest BCUT2D eigenvalue weighted by molar-refractivity contribution is 0.399. The van der Waals surface area contributed by atoms with Gasteiger partial charge in [0.05, 0.1) is 12.6 Å². The fourth-order valence-corrected chi connectivity index (χ4v) is 4.11. The molecule has 1 unspecified atom stereocenters. The zero-order valence-electron chi connectivity index (χ0n) is 12.1. The smallest absolute Gasteiger partial charge is 0.274 e. The number of thiophene rings is 1. The van der Waals surface area contributed by atoms with E-state index in [0.717, 1.165) is 11.4 Å². The molecule has 2 heterocycles. The summed E-state index contributed by atoms with van der Waals surface area (Å²) in [7, 11) is -3.64. The van der Waals surface area contributed by atoms with Crippen LogP contribution in [0.2, 0.25) is 0 Å². The molecule has 7 heteroatoms. The van der Waals surface area contributed by atoms with Crippen molar-refractivity contribution < 1.29 is 12.8 Å². The minimum absolute atomic E-state index is 0.0367. The molecule has 2 rings (SSSR count). The molecule has 0 fully saturated rings. The summed E-state index contributed by atoms with van der Waals surface area (Å²) in [4.78, 5) is 1.00. The molecular formula is C14H20N2O3S2. The molecular weight excluding hydrogens is 308 g/mol. The fourth-order valence-electron chi connectivity index (χ4n) is 1.92. The van der Waals surface area contributed by atoms with E-state index in [2.05, 4.69) is 10.0 Å². The van der Waals surface area contributed by atoms with E-state index in [-0.39, 0.29) is 11.1 Å². The van der Waals surface area contributed by atoms with Gasteiger partial charge in [0.2, 0.25) is 5.09 Å². The van der Waals surface area contributed by atoms with E-state index in [4.69, 9.17) is 4.42 Å². The second kappa shape index (κ2) is 7.22. The Kier molecular flexibility index (Phi) is 5.58. The maximum Gasteiger partial charge on any atom is 0.274 e. The van der Waals surface area contributed by atoms with E-state index in [0.29, 0.717) is 18.7 Å². The van der Waals surface area contributed by atoms with Crippen LogP contribution in [0.4, 0.5) is 0 Å². The molecule has 0 saturated carbocycles. The van der Waals surface area contributed by atoms with Crippen molar-refractivity contribution in [2.45, 2.75) is 37.9 Å². The number of nitrogens with one attached hydrogen (secondary N) is 2. The van der Waals surface area contributed by atoms with E-state index < -0.39 is 10.0 Å². The highest BCUT2D eigenvalue weighted by atomic mass is 32.2. The van der Waals surface area contributed by atoms with Gasteiger partial charge in [0.15, 0.2) is 0 Å². The van der Waals surface area contributed by atoms with Gasteiger partial charge in [-0.2, -0.15) is 0 Å². The molecule has 0 aliphatic rings. The zero-order valence-corrected chi connectivity index (χ0v) is 13.8. The van der Waals surface area contributed by atoms with Crippen LogP contribution in [0.25, 0.3) is 0 Å². The normalized spacial score (nSPS) is 13.4. The van der Waals surface area contributed by atoms with Gasteiger partial charge in [-0.05, 0) is 36.5 Å². The molecule has 0 aliphatic carbocycles. The monoisotopic (exact) mass is 328 g/mol. The lowest BCUT2D eigenvalue weighted by atomic mass is 10.2. The molecule has 0 spiro atoms. The number of sulfonamides is 1. The van der Waals surface area contributed by atoms with Crippen molar-refractivity contribution in [1.82, 2.24) is 10.0 Å². The van der Waals surface area contributed by atoms with Crippen molar-refractivity contribution in [3.8, 4) is 0 Å². The van der Waals surface area contributed by atoms with E-state index in [1.54, 1.807) is 17.4 Å².